The number of rotatable bonds is 7. The Hall–Kier alpha value is -1.15. The Bertz CT molecular complexity index is 696. The van der Waals surface area contributed by atoms with Crippen LogP contribution in [0.3, 0.4) is 0 Å². The maximum Gasteiger partial charge on any atom is 0.261 e. The SMILES string of the molecule is CC(C)(C)[Si](OC[C@@H]1O[C@H](C(O)CO)CS1)(c1ccccc1)c1ccccc1. The number of aliphatic hydroxyl groups excluding tert-OH is 2. The van der Waals surface area contributed by atoms with E-state index < -0.39 is 14.4 Å². The van der Waals surface area contributed by atoms with Gasteiger partial charge in [-0.1, -0.05) is 81.4 Å². The van der Waals surface area contributed by atoms with Gasteiger partial charge in [-0.3, -0.25) is 0 Å². The lowest BCUT2D eigenvalue weighted by molar-refractivity contribution is -0.0532. The number of hydrogen-bond donors (Lipinski definition) is 2. The highest BCUT2D eigenvalue weighted by Crippen LogP contribution is 2.38. The van der Waals surface area contributed by atoms with Crippen LogP contribution in [-0.4, -0.2) is 55.1 Å². The molecule has 1 unspecified atom stereocenters. The third-order valence-corrected chi connectivity index (χ3v) is 11.4. The molecule has 0 amide bonds. The molecule has 1 fully saturated rings. The molecule has 1 heterocycles. The van der Waals surface area contributed by atoms with Crippen LogP contribution in [-0.2, 0) is 9.16 Å². The van der Waals surface area contributed by atoms with Gasteiger partial charge in [0, 0.05) is 5.75 Å². The van der Waals surface area contributed by atoms with Crippen LogP contribution < -0.4 is 10.4 Å². The van der Waals surface area contributed by atoms with Crippen LogP contribution in [0.15, 0.2) is 60.7 Å². The second kappa shape index (κ2) is 9.11. The van der Waals surface area contributed by atoms with E-state index in [-0.39, 0.29) is 23.2 Å². The largest absolute Gasteiger partial charge is 0.404 e. The normalized spacial score (nSPS) is 21.6. The molecule has 0 radical (unpaired) electrons. The minimum atomic E-state index is -2.58. The molecule has 3 atom stereocenters. The molecule has 2 aromatic carbocycles. The van der Waals surface area contributed by atoms with E-state index in [0.29, 0.717) is 12.4 Å². The summed E-state index contributed by atoms with van der Waals surface area (Å²) in [6, 6.07) is 21.0. The maximum absolute atomic E-state index is 9.87. The maximum atomic E-state index is 9.87. The van der Waals surface area contributed by atoms with Crippen molar-refractivity contribution in [3.8, 4) is 0 Å². The van der Waals surface area contributed by atoms with Gasteiger partial charge in [0.1, 0.15) is 11.5 Å². The van der Waals surface area contributed by atoms with Crippen molar-refractivity contribution in [2.75, 3.05) is 19.0 Å². The van der Waals surface area contributed by atoms with Gasteiger partial charge < -0.3 is 19.4 Å². The molecule has 2 aromatic rings. The molecule has 6 heteroatoms. The summed E-state index contributed by atoms with van der Waals surface area (Å²) < 4.78 is 12.8. The summed E-state index contributed by atoms with van der Waals surface area (Å²) in [5, 5.41) is 21.4. The van der Waals surface area contributed by atoms with Gasteiger partial charge in [-0.25, -0.2) is 0 Å². The number of aliphatic hydroxyl groups is 2. The molecule has 1 aliphatic rings. The van der Waals surface area contributed by atoms with Crippen LogP contribution in [0.5, 0.6) is 0 Å². The zero-order valence-corrected chi connectivity index (χ0v) is 18.6. The Morgan fingerprint density at radius 1 is 1.07 bits per heavy atom. The van der Waals surface area contributed by atoms with E-state index in [9.17, 15) is 10.2 Å². The van der Waals surface area contributed by atoms with E-state index in [1.807, 2.05) is 12.1 Å². The predicted octanol–water partition coefficient (Wildman–Crippen LogP) is 2.37. The monoisotopic (exact) mass is 418 g/mol. The molecule has 0 saturated carbocycles. The van der Waals surface area contributed by atoms with Gasteiger partial charge in [-0.15, -0.1) is 11.8 Å². The molecule has 4 nitrogen and oxygen atoms in total. The second-order valence-electron chi connectivity index (χ2n) is 8.16. The van der Waals surface area contributed by atoms with Crippen molar-refractivity contribution in [2.45, 2.75) is 43.5 Å². The Labute approximate surface area is 173 Å². The number of hydrogen-bond acceptors (Lipinski definition) is 5. The Balaban J connectivity index is 1.91. The van der Waals surface area contributed by atoms with Gasteiger partial charge in [0.25, 0.3) is 8.32 Å². The van der Waals surface area contributed by atoms with Gasteiger partial charge in [0.15, 0.2) is 0 Å². The highest BCUT2D eigenvalue weighted by Gasteiger charge is 2.50. The number of thioether (sulfide) groups is 1. The van der Waals surface area contributed by atoms with Crippen molar-refractivity contribution in [1.82, 2.24) is 0 Å². The lowest BCUT2D eigenvalue weighted by Crippen LogP contribution is -2.67. The van der Waals surface area contributed by atoms with Crippen LogP contribution in [0, 0.1) is 0 Å². The molecule has 28 heavy (non-hydrogen) atoms. The molecule has 0 bridgehead atoms. The molecule has 3 rings (SSSR count). The van der Waals surface area contributed by atoms with Gasteiger partial charge in [0.2, 0.25) is 0 Å². The first kappa shape index (κ1) is 21.6. The predicted molar refractivity (Wildman–Crippen MR) is 118 cm³/mol. The highest BCUT2D eigenvalue weighted by molar-refractivity contribution is 8.00. The van der Waals surface area contributed by atoms with Crippen molar-refractivity contribution < 1.29 is 19.4 Å². The van der Waals surface area contributed by atoms with Crippen molar-refractivity contribution in [2.24, 2.45) is 0 Å². The van der Waals surface area contributed by atoms with Crippen LogP contribution in [0.4, 0.5) is 0 Å². The Kier molecular flexibility index (Phi) is 7.01. The summed E-state index contributed by atoms with van der Waals surface area (Å²) in [5.74, 6) is 0.663. The summed E-state index contributed by atoms with van der Waals surface area (Å²) in [7, 11) is -2.58. The van der Waals surface area contributed by atoms with Gasteiger partial charge >= 0.3 is 0 Å². The zero-order chi connectivity index (χ0) is 20.2. The van der Waals surface area contributed by atoms with Crippen molar-refractivity contribution >= 4 is 30.5 Å². The molecule has 1 saturated heterocycles. The lowest BCUT2D eigenvalue weighted by atomic mass is 10.2. The molecule has 0 aliphatic carbocycles. The van der Waals surface area contributed by atoms with Gasteiger partial charge in [0.05, 0.1) is 19.3 Å². The summed E-state index contributed by atoms with van der Waals surface area (Å²) in [5.41, 5.74) is -0.146. The Morgan fingerprint density at radius 2 is 1.61 bits per heavy atom. The van der Waals surface area contributed by atoms with Crippen molar-refractivity contribution in [3.63, 3.8) is 0 Å². The zero-order valence-electron chi connectivity index (χ0n) is 16.7. The van der Waals surface area contributed by atoms with E-state index in [4.69, 9.17) is 9.16 Å². The fourth-order valence-electron chi connectivity index (χ4n) is 3.84. The standard InChI is InChI=1S/C22H30O4SSi/c1-22(2,3)28(17-10-6-4-7-11-17,18-12-8-5-9-13-18)25-15-21-26-20(16-27-21)19(24)14-23/h4-13,19-21,23-24H,14-16H2,1-3H3/t19?,20-,21+/m0/s1. The van der Waals surface area contributed by atoms with Crippen LogP contribution in [0.1, 0.15) is 20.8 Å². The summed E-state index contributed by atoms with van der Waals surface area (Å²) in [6.45, 7) is 6.92. The molecular formula is C22H30O4SSi. The average molecular weight is 419 g/mol. The molecular weight excluding hydrogens is 388 g/mol. The third kappa shape index (κ3) is 4.37. The minimum absolute atomic E-state index is 0.0804. The van der Waals surface area contributed by atoms with E-state index in [1.54, 1.807) is 11.8 Å². The topological polar surface area (TPSA) is 58.9 Å². The number of benzene rings is 2. The van der Waals surface area contributed by atoms with Gasteiger partial charge in [-0.05, 0) is 15.4 Å². The average Bonchev–Trinajstić information content (AvgIpc) is 3.17. The van der Waals surface area contributed by atoms with Crippen molar-refractivity contribution in [3.05, 3.63) is 60.7 Å². The summed E-state index contributed by atoms with van der Waals surface area (Å²) in [6.07, 6.45) is -1.19. The van der Waals surface area contributed by atoms with E-state index in [2.05, 4.69) is 69.3 Å². The molecule has 0 spiro atoms. The summed E-state index contributed by atoms with van der Waals surface area (Å²) in [4.78, 5) is 0. The molecule has 1 aliphatic heterocycles. The number of ether oxygens (including phenoxy) is 1. The van der Waals surface area contributed by atoms with Crippen LogP contribution in [0.2, 0.25) is 5.04 Å². The van der Waals surface area contributed by atoms with E-state index in [0.717, 1.165) is 0 Å². The third-order valence-electron chi connectivity index (χ3n) is 5.24. The summed E-state index contributed by atoms with van der Waals surface area (Å²) >= 11 is 1.64. The van der Waals surface area contributed by atoms with E-state index >= 15 is 0 Å². The molecule has 2 N–H and O–H groups in total. The van der Waals surface area contributed by atoms with Crippen LogP contribution >= 0.6 is 11.8 Å². The fourth-order valence-corrected chi connectivity index (χ4v) is 9.61. The minimum Gasteiger partial charge on any atom is -0.404 e. The lowest BCUT2D eigenvalue weighted by Gasteiger charge is -2.43. The fraction of sp³-hybridized carbons (Fsp3) is 0.455. The second-order valence-corrected chi connectivity index (χ2v) is 13.7. The quantitative estimate of drug-likeness (QED) is 0.676. The Morgan fingerprint density at radius 3 is 2.07 bits per heavy atom. The first-order valence-electron chi connectivity index (χ1n) is 9.69. The first-order valence-corrected chi connectivity index (χ1v) is 12.6. The van der Waals surface area contributed by atoms with Crippen molar-refractivity contribution in [1.29, 1.82) is 0 Å². The van der Waals surface area contributed by atoms with Crippen LogP contribution in [0.25, 0.3) is 0 Å². The molecule has 152 valence electrons. The molecule has 0 aromatic heterocycles. The van der Waals surface area contributed by atoms with E-state index in [1.165, 1.54) is 10.4 Å². The smallest absolute Gasteiger partial charge is 0.261 e. The first-order chi connectivity index (χ1) is 13.4. The van der Waals surface area contributed by atoms with Gasteiger partial charge in [-0.2, -0.15) is 0 Å². The highest BCUT2D eigenvalue weighted by atomic mass is 32.2.